The maximum absolute atomic E-state index is 14.1. The lowest BCUT2D eigenvalue weighted by Gasteiger charge is -2.39. The van der Waals surface area contributed by atoms with E-state index in [0.717, 1.165) is 5.56 Å². The van der Waals surface area contributed by atoms with Gasteiger partial charge >= 0.3 is 6.09 Å². The second kappa shape index (κ2) is 12.4. The van der Waals surface area contributed by atoms with Crippen LogP contribution in [0, 0.1) is 6.92 Å². The number of piperidine rings is 1. The summed E-state index contributed by atoms with van der Waals surface area (Å²) in [5.41, 5.74) is 2.45. The first-order valence-corrected chi connectivity index (χ1v) is 14.1. The number of hydrogen-bond donors (Lipinski definition) is 1. The Morgan fingerprint density at radius 3 is 2.38 bits per heavy atom. The van der Waals surface area contributed by atoms with Crippen LogP contribution in [0.4, 0.5) is 4.79 Å². The summed E-state index contributed by atoms with van der Waals surface area (Å²) in [5, 5.41) is 9.07. The summed E-state index contributed by atoms with van der Waals surface area (Å²) in [6.07, 6.45) is 0.649. The third kappa shape index (κ3) is 6.92. The van der Waals surface area contributed by atoms with Gasteiger partial charge in [-0.05, 0) is 70.9 Å². The number of carbonyl (C=O) groups is 2. The Morgan fingerprint density at radius 2 is 1.75 bits per heavy atom. The second-order valence-corrected chi connectivity index (χ2v) is 12.0. The van der Waals surface area contributed by atoms with Crippen molar-refractivity contribution in [1.82, 2.24) is 20.0 Å². The fourth-order valence-electron chi connectivity index (χ4n) is 4.81. The third-order valence-corrected chi connectivity index (χ3v) is 7.51. The Labute approximate surface area is 249 Å². The summed E-state index contributed by atoms with van der Waals surface area (Å²) in [6.45, 7) is 7.92. The predicted octanol–water partition coefficient (Wildman–Crippen LogP) is 6.95. The van der Waals surface area contributed by atoms with Gasteiger partial charge in [0.2, 0.25) is 0 Å². The molecule has 8 nitrogen and oxygen atoms in total. The summed E-state index contributed by atoms with van der Waals surface area (Å²) < 4.78 is 12.7. The molecule has 1 saturated heterocycles. The molecule has 1 N–H and O–H groups in total. The molecule has 1 aliphatic heterocycles. The van der Waals surface area contributed by atoms with Crippen LogP contribution in [0.3, 0.4) is 0 Å². The Morgan fingerprint density at radius 1 is 1.07 bits per heavy atom. The molecule has 2 heterocycles. The van der Waals surface area contributed by atoms with Gasteiger partial charge in [0.25, 0.3) is 5.91 Å². The number of carbonyl (C=O) groups excluding carboxylic acids is 2. The number of nitrogens with one attached hydrogen (secondary N) is 1. The lowest BCUT2D eigenvalue weighted by molar-refractivity contribution is 0.00944. The van der Waals surface area contributed by atoms with E-state index in [1.807, 2.05) is 19.1 Å². The van der Waals surface area contributed by atoms with E-state index in [0.29, 0.717) is 51.4 Å². The molecule has 214 valence electrons. The minimum atomic E-state index is -0.633. The number of hydrogen-bond acceptors (Lipinski definition) is 5. The smallest absolute Gasteiger partial charge is 0.407 e. The van der Waals surface area contributed by atoms with Crippen LogP contribution in [0.5, 0.6) is 0 Å². The van der Waals surface area contributed by atoms with Crippen LogP contribution in [0.1, 0.15) is 49.7 Å². The molecule has 11 heteroatoms. The van der Waals surface area contributed by atoms with Crippen LogP contribution in [0.15, 0.2) is 42.5 Å². The van der Waals surface area contributed by atoms with E-state index in [1.54, 1.807) is 67.8 Å². The number of nitrogens with zero attached hydrogens (tertiary/aromatic N) is 3. The summed E-state index contributed by atoms with van der Waals surface area (Å²) in [5.74, 6) is -0.248. The standard InChI is InChI=1S/C29H33Cl3N4O4/c1-17-25(27(37)35-13-12-22(39-5)15-21(35)16-33-28(38)40-29(2,3)4)34-36(24-11-10-20(31)14-23(24)32)26(17)18-6-8-19(30)9-7-18/h6-11,14,21-22H,12-13,15-16H2,1-5H3,(H,33,38). The van der Waals surface area contributed by atoms with Gasteiger partial charge in [-0.1, -0.05) is 46.9 Å². The number of likely N-dealkylation sites (tertiary alicyclic amines) is 1. The van der Waals surface area contributed by atoms with Crippen molar-refractivity contribution in [2.45, 2.75) is 58.3 Å². The highest BCUT2D eigenvalue weighted by Gasteiger charge is 2.35. The molecule has 1 aliphatic rings. The molecular weight excluding hydrogens is 575 g/mol. The molecule has 3 aromatic rings. The zero-order valence-electron chi connectivity index (χ0n) is 23.1. The van der Waals surface area contributed by atoms with Gasteiger partial charge in [0.1, 0.15) is 5.60 Å². The van der Waals surface area contributed by atoms with Gasteiger partial charge in [-0.25, -0.2) is 9.48 Å². The molecule has 2 amide bonds. The van der Waals surface area contributed by atoms with Crippen molar-refractivity contribution in [3.05, 3.63) is 68.8 Å². The number of alkyl carbamates (subject to hydrolysis) is 1. The average Bonchev–Trinajstić information content (AvgIpc) is 3.23. The predicted molar refractivity (Wildman–Crippen MR) is 158 cm³/mol. The Hall–Kier alpha value is -2.78. The van der Waals surface area contributed by atoms with E-state index in [-0.39, 0.29) is 30.3 Å². The van der Waals surface area contributed by atoms with Crippen LogP contribution in [-0.2, 0) is 9.47 Å². The maximum atomic E-state index is 14.1. The van der Waals surface area contributed by atoms with Crippen LogP contribution in [0.25, 0.3) is 16.9 Å². The molecule has 2 aromatic carbocycles. The molecule has 0 bridgehead atoms. The highest BCUT2D eigenvalue weighted by Crippen LogP contribution is 2.34. The van der Waals surface area contributed by atoms with Gasteiger partial charge in [-0.2, -0.15) is 5.10 Å². The Bertz CT molecular complexity index is 1390. The Kier molecular flexibility index (Phi) is 9.35. The molecule has 40 heavy (non-hydrogen) atoms. The number of ether oxygens (including phenoxy) is 2. The monoisotopic (exact) mass is 606 g/mol. The molecule has 0 saturated carbocycles. The van der Waals surface area contributed by atoms with Crippen LogP contribution >= 0.6 is 34.8 Å². The van der Waals surface area contributed by atoms with Gasteiger partial charge in [-0.3, -0.25) is 4.79 Å². The first-order chi connectivity index (χ1) is 18.9. The minimum absolute atomic E-state index is 0.0364. The summed E-state index contributed by atoms with van der Waals surface area (Å²) in [4.78, 5) is 28.2. The molecule has 0 radical (unpaired) electrons. The van der Waals surface area contributed by atoms with Crippen molar-refractivity contribution in [1.29, 1.82) is 0 Å². The molecular formula is C29H33Cl3N4O4. The van der Waals surface area contributed by atoms with E-state index in [9.17, 15) is 9.59 Å². The molecule has 1 fully saturated rings. The van der Waals surface area contributed by atoms with E-state index in [2.05, 4.69) is 5.32 Å². The zero-order chi connectivity index (χ0) is 29.2. The normalized spacial score (nSPS) is 17.6. The number of amides is 2. The van der Waals surface area contributed by atoms with Crippen molar-refractivity contribution >= 4 is 46.8 Å². The second-order valence-electron chi connectivity index (χ2n) is 10.8. The molecule has 4 rings (SSSR count). The highest BCUT2D eigenvalue weighted by atomic mass is 35.5. The van der Waals surface area contributed by atoms with Crippen molar-refractivity contribution in [2.75, 3.05) is 20.2 Å². The van der Waals surface area contributed by atoms with Crippen LogP contribution in [-0.4, -0.2) is 64.6 Å². The quantitative estimate of drug-likeness (QED) is 0.328. The van der Waals surface area contributed by atoms with Crippen molar-refractivity contribution in [3.8, 4) is 16.9 Å². The van der Waals surface area contributed by atoms with Gasteiger partial charge in [-0.15, -0.1) is 0 Å². The number of rotatable bonds is 6. The van der Waals surface area contributed by atoms with Crippen molar-refractivity contribution in [3.63, 3.8) is 0 Å². The third-order valence-electron chi connectivity index (χ3n) is 6.72. The summed E-state index contributed by atoms with van der Waals surface area (Å²) in [6, 6.07) is 12.1. The largest absolute Gasteiger partial charge is 0.444 e. The highest BCUT2D eigenvalue weighted by molar-refractivity contribution is 6.35. The van der Waals surface area contributed by atoms with Crippen molar-refractivity contribution in [2.24, 2.45) is 0 Å². The van der Waals surface area contributed by atoms with E-state index >= 15 is 0 Å². The maximum Gasteiger partial charge on any atom is 0.407 e. The van der Waals surface area contributed by atoms with E-state index in [1.165, 1.54) is 0 Å². The van der Waals surface area contributed by atoms with E-state index in [4.69, 9.17) is 49.4 Å². The summed E-state index contributed by atoms with van der Waals surface area (Å²) >= 11 is 18.9. The number of benzene rings is 2. The average molecular weight is 608 g/mol. The molecule has 1 aromatic heterocycles. The minimum Gasteiger partial charge on any atom is -0.444 e. The van der Waals surface area contributed by atoms with Gasteiger partial charge in [0.05, 0.1) is 28.5 Å². The molecule has 2 unspecified atom stereocenters. The zero-order valence-corrected chi connectivity index (χ0v) is 25.4. The van der Waals surface area contributed by atoms with Gasteiger partial charge in [0, 0.05) is 41.4 Å². The van der Waals surface area contributed by atoms with Gasteiger partial charge in [0.15, 0.2) is 5.69 Å². The number of aromatic nitrogens is 2. The fourth-order valence-corrected chi connectivity index (χ4v) is 5.43. The lowest BCUT2D eigenvalue weighted by atomic mass is 9.98. The van der Waals surface area contributed by atoms with Crippen LogP contribution < -0.4 is 5.32 Å². The Balaban J connectivity index is 1.72. The number of halogens is 3. The van der Waals surface area contributed by atoms with E-state index < -0.39 is 11.7 Å². The fraction of sp³-hybridized carbons (Fsp3) is 0.414. The van der Waals surface area contributed by atoms with Crippen molar-refractivity contribution < 1.29 is 19.1 Å². The molecule has 0 aliphatic carbocycles. The molecule has 2 atom stereocenters. The first kappa shape index (κ1) is 30.2. The lowest BCUT2D eigenvalue weighted by Crippen LogP contribution is -2.53. The first-order valence-electron chi connectivity index (χ1n) is 13.0. The molecule has 0 spiro atoms. The SMILES string of the molecule is COC1CCN(C(=O)c2nn(-c3ccc(Cl)cc3Cl)c(-c3ccc(Cl)cc3)c2C)C(CNC(=O)OC(C)(C)C)C1. The summed E-state index contributed by atoms with van der Waals surface area (Å²) in [7, 11) is 1.65. The topological polar surface area (TPSA) is 85.7 Å². The van der Waals surface area contributed by atoms with Crippen LogP contribution in [0.2, 0.25) is 15.1 Å². The van der Waals surface area contributed by atoms with Gasteiger partial charge < -0.3 is 19.7 Å². The number of methoxy groups -OCH3 is 1.